The molecule has 0 aliphatic carbocycles. The number of ketones is 2. The molecule has 1 aromatic rings. The van der Waals surface area contributed by atoms with Gasteiger partial charge in [-0.25, -0.2) is 0 Å². The van der Waals surface area contributed by atoms with Crippen molar-refractivity contribution in [3.8, 4) is 0 Å². The first kappa shape index (κ1) is 16.2. The minimum Gasteiger partial charge on any atom is -0.359 e. The highest BCUT2D eigenvalue weighted by Gasteiger charge is 2.64. The van der Waals surface area contributed by atoms with E-state index in [1.165, 1.54) is 0 Å². The Morgan fingerprint density at radius 2 is 2.00 bits per heavy atom. The lowest BCUT2D eigenvalue weighted by Gasteiger charge is -2.36. The van der Waals surface area contributed by atoms with Crippen LogP contribution in [0.3, 0.4) is 0 Å². The molecular formula is C21H23NO4. The van der Waals surface area contributed by atoms with E-state index in [1.807, 2.05) is 45.2 Å². The summed E-state index contributed by atoms with van der Waals surface area (Å²) in [5.74, 6) is -0.314. The third-order valence-corrected chi connectivity index (χ3v) is 6.21. The number of rotatable bonds is 1. The van der Waals surface area contributed by atoms with Crippen LogP contribution >= 0.6 is 0 Å². The van der Waals surface area contributed by atoms with Crippen LogP contribution in [-0.4, -0.2) is 41.5 Å². The van der Waals surface area contributed by atoms with Gasteiger partial charge in [-0.2, -0.15) is 0 Å². The summed E-state index contributed by atoms with van der Waals surface area (Å²) in [4.78, 5) is 28.6. The number of carbonyl (C=O) groups excluding carboxylic acids is 2. The van der Waals surface area contributed by atoms with E-state index in [1.54, 1.807) is 0 Å². The molecule has 3 saturated heterocycles. The molecule has 0 unspecified atom stereocenters. The van der Waals surface area contributed by atoms with Gasteiger partial charge in [0.2, 0.25) is 6.29 Å². The zero-order valence-electron chi connectivity index (χ0n) is 15.2. The minimum absolute atomic E-state index is 0.0203. The van der Waals surface area contributed by atoms with Crippen molar-refractivity contribution in [2.75, 3.05) is 6.61 Å². The Kier molecular flexibility index (Phi) is 3.29. The summed E-state index contributed by atoms with van der Waals surface area (Å²) in [6, 6.07) is 7.64. The molecule has 0 N–H and O–H groups in total. The van der Waals surface area contributed by atoms with Crippen LogP contribution in [0.15, 0.2) is 30.5 Å². The maximum Gasteiger partial charge on any atom is 0.218 e. The molecule has 5 nitrogen and oxygen atoms in total. The van der Waals surface area contributed by atoms with Crippen molar-refractivity contribution >= 4 is 17.6 Å². The molecule has 4 aliphatic heterocycles. The lowest BCUT2D eigenvalue weighted by atomic mass is 9.73. The summed E-state index contributed by atoms with van der Waals surface area (Å²) in [5.41, 5.74) is 1.74. The fourth-order valence-electron chi connectivity index (χ4n) is 5.06. The molecule has 5 heteroatoms. The fraction of sp³-hybridized carbons (Fsp3) is 0.524. The van der Waals surface area contributed by atoms with E-state index >= 15 is 0 Å². The first-order chi connectivity index (χ1) is 12.4. The van der Waals surface area contributed by atoms with Crippen molar-refractivity contribution in [3.05, 3.63) is 41.6 Å². The molecule has 3 fully saturated rings. The van der Waals surface area contributed by atoms with Crippen LogP contribution in [0.5, 0.6) is 0 Å². The van der Waals surface area contributed by atoms with E-state index in [4.69, 9.17) is 9.47 Å². The van der Waals surface area contributed by atoms with Gasteiger partial charge in [-0.1, -0.05) is 45.0 Å². The molecule has 5 rings (SSSR count). The number of hydrogen-bond donors (Lipinski definition) is 0. The lowest BCUT2D eigenvalue weighted by Crippen LogP contribution is -2.50. The van der Waals surface area contributed by atoms with Gasteiger partial charge in [0.15, 0.2) is 11.6 Å². The summed E-state index contributed by atoms with van der Waals surface area (Å²) in [6.07, 6.45) is 3.07. The molecule has 26 heavy (non-hydrogen) atoms. The van der Waals surface area contributed by atoms with Crippen molar-refractivity contribution in [2.45, 2.75) is 45.2 Å². The third-order valence-electron chi connectivity index (χ3n) is 6.21. The number of carbonyl (C=O) groups is 2. The molecule has 4 heterocycles. The molecule has 136 valence electrons. The Morgan fingerprint density at radius 1 is 1.23 bits per heavy atom. The maximum atomic E-state index is 13.4. The van der Waals surface area contributed by atoms with Gasteiger partial charge in [0.25, 0.3) is 0 Å². The van der Waals surface area contributed by atoms with Crippen LogP contribution in [0.25, 0.3) is 6.08 Å². The van der Waals surface area contributed by atoms with E-state index in [9.17, 15) is 9.59 Å². The maximum absolute atomic E-state index is 13.4. The Labute approximate surface area is 153 Å². The monoisotopic (exact) mass is 353 g/mol. The largest absolute Gasteiger partial charge is 0.359 e. The Morgan fingerprint density at radius 3 is 2.77 bits per heavy atom. The summed E-state index contributed by atoms with van der Waals surface area (Å²) in [6.45, 7) is 6.22. The number of ether oxygens (including phenoxy) is 2. The van der Waals surface area contributed by atoms with Crippen molar-refractivity contribution in [1.82, 2.24) is 4.90 Å². The topological polar surface area (TPSA) is 55.8 Å². The quantitative estimate of drug-likeness (QED) is 0.777. The molecule has 0 aromatic heterocycles. The summed E-state index contributed by atoms with van der Waals surface area (Å²) in [7, 11) is 0. The Hall–Kier alpha value is -1.98. The molecule has 6 atom stereocenters. The van der Waals surface area contributed by atoms with Crippen molar-refractivity contribution in [2.24, 2.45) is 17.3 Å². The van der Waals surface area contributed by atoms with Gasteiger partial charge in [-0.05, 0) is 17.2 Å². The summed E-state index contributed by atoms with van der Waals surface area (Å²) >= 11 is 0. The molecule has 0 amide bonds. The molecule has 0 spiro atoms. The van der Waals surface area contributed by atoms with Crippen molar-refractivity contribution in [3.63, 3.8) is 0 Å². The van der Waals surface area contributed by atoms with Gasteiger partial charge < -0.3 is 14.4 Å². The average molecular weight is 353 g/mol. The van der Waals surface area contributed by atoms with Crippen LogP contribution in [-0.2, 0) is 19.1 Å². The van der Waals surface area contributed by atoms with E-state index in [0.717, 1.165) is 11.1 Å². The standard InChI is InChI=1S/C21H23NO4/c1-21(2,3)19(24)17-14-13-10-25-20(26-13)18(23)15(14)16-12-7-5-4-6-11(12)8-9-22(16)17/h4-9,13-17,20H,10H2,1-3H3/t13-,14-,15+,16+,17+,20-/m0/s1. The van der Waals surface area contributed by atoms with Gasteiger partial charge >= 0.3 is 0 Å². The molecular weight excluding hydrogens is 330 g/mol. The lowest BCUT2D eigenvalue weighted by molar-refractivity contribution is -0.165. The first-order valence-corrected chi connectivity index (χ1v) is 9.27. The van der Waals surface area contributed by atoms with Crippen molar-refractivity contribution < 1.29 is 19.1 Å². The second-order valence-electron chi connectivity index (χ2n) is 8.74. The molecule has 1 aromatic carbocycles. The Bertz CT molecular complexity index is 824. The van der Waals surface area contributed by atoms with E-state index < -0.39 is 11.7 Å². The molecule has 2 bridgehead atoms. The van der Waals surface area contributed by atoms with Gasteiger partial charge in [-0.3, -0.25) is 9.59 Å². The highest BCUT2D eigenvalue weighted by Crippen LogP contribution is 2.55. The van der Waals surface area contributed by atoms with Crippen LogP contribution in [0, 0.1) is 17.3 Å². The van der Waals surface area contributed by atoms with E-state index in [0.29, 0.717) is 6.61 Å². The number of benzene rings is 1. The van der Waals surface area contributed by atoms with Gasteiger partial charge in [0.1, 0.15) is 0 Å². The summed E-state index contributed by atoms with van der Waals surface area (Å²) in [5, 5.41) is 0. The predicted octanol–water partition coefficient (Wildman–Crippen LogP) is 2.57. The van der Waals surface area contributed by atoms with E-state index in [-0.39, 0.29) is 41.6 Å². The second-order valence-corrected chi connectivity index (χ2v) is 8.74. The van der Waals surface area contributed by atoms with Gasteiger partial charge in [0, 0.05) is 17.5 Å². The zero-order chi connectivity index (χ0) is 18.2. The number of nitrogens with zero attached hydrogens (tertiary/aromatic N) is 1. The van der Waals surface area contributed by atoms with Gasteiger partial charge in [0.05, 0.1) is 30.7 Å². The first-order valence-electron chi connectivity index (χ1n) is 9.27. The Balaban J connectivity index is 1.68. The average Bonchev–Trinajstić information content (AvgIpc) is 3.19. The second kappa shape index (κ2) is 5.27. The highest BCUT2D eigenvalue weighted by molar-refractivity contribution is 5.94. The molecule has 0 saturated carbocycles. The van der Waals surface area contributed by atoms with Crippen LogP contribution in [0.4, 0.5) is 0 Å². The number of Topliss-reactive ketones (excluding diaryl/α,β-unsaturated/α-hetero) is 2. The predicted molar refractivity (Wildman–Crippen MR) is 94.9 cm³/mol. The third kappa shape index (κ3) is 2.04. The smallest absolute Gasteiger partial charge is 0.218 e. The van der Waals surface area contributed by atoms with Crippen molar-refractivity contribution in [1.29, 1.82) is 0 Å². The van der Waals surface area contributed by atoms with E-state index in [2.05, 4.69) is 17.0 Å². The molecule has 4 aliphatic rings. The SMILES string of the molecule is CC(C)(C)C(=O)[C@H]1[C@@H]2[C@@H](C(=O)[C@H]3OC[C@@H]2O3)[C@H]2c3ccccc3C=CN21. The van der Waals surface area contributed by atoms with Crippen LogP contribution in [0.1, 0.15) is 37.9 Å². The van der Waals surface area contributed by atoms with Crippen LogP contribution < -0.4 is 0 Å². The minimum atomic E-state index is -0.773. The summed E-state index contributed by atoms with van der Waals surface area (Å²) < 4.78 is 11.4. The highest BCUT2D eigenvalue weighted by atomic mass is 16.7. The number of fused-ring (bicyclic) bond motifs is 8. The normalized spacial score (nSPS) is 37.3. The van der Waals surface area contributed by atoms with Gasteiger partial charge in [-0.15, -0.1) is 0 Å². The number of hydrogen-bond acceptors (Lipinski definition) is 5. The fourth-order valence-corrected chi connectivity index (χ4v) is 5.06. The zero-order valence-corrected chi connectivity index (χ0v) is 15.2. The van der Waals surface area contributed by atoms with Crippen LogP contribution in [0.2, 0.25) is 0 Å². The molecule has 0 radical (unpaired) electrons.